The zero-order valence-electron chi connectivity index (χ0n) is 10.6. The molecule has 1 amide bonds. The fourth-order valence-corrected chi connectivity index (χ4v) is 1.21. The van der Waals surface area contributed by atoms with E-state index in [9.17, 15) is 18.4 Å². The van der Waals surface area contributed by atoms with E-state index in [0.717, 1.165) is 6.07 Å². The molecule has 0 aliphatic rings. The second kappa shape index (κ2) is 6.12. The van der Waals surface area contributed by atoms with Crippen LogP contribution >= 0.6 is 0 Å². The van der Waals surface area contributed by atoms with Crippen molar-refractivity contribution in [2.45, 2.75) is 6.92 Å². The predicted octanol–water partition coefficient (Wildman–Crippen LogP) is 1.18. The fraction of sp³-hybridized carbons (Fsp3) is 0.333. The maximum atomic E-state index is 13.3. The first kappa shape index (κ1) is 14.9. The normalized spacial score (nSPS) is 10.1. The smallest absolute Gasteiger partial charge is 0.341 e. The van der Waals surface area contributed by atoms with Gasteiger partial charge in [-0.05, 0) is 13.0 Å². The Balaban J connectivity index is 2.74. The number of likely N-dealkylation sites (N-methyl/N-ethyl adjacent to an activating group) is 1. The van der Waals surface area contributed by atoms with Gasteiger partial charge in [-0.25, -0.2) is 13.6 Å². The summed E-state index contributed by atoms with van der Waals surface area (Å²) in [6.45, 7) is 1.69. The van der Waals surface area contributed by atoms with Crippen LogP contribution in [0.5, 0.6) is 0 Å². The molecule has 0 saturated heterocycles. The van der Waals surface area contributed by atoms with Crippen LogP contribution in [-0.2, 0) is 9.53 Å². The third-order valence-corrected chi connectivity index (χ3v) is 2.53. The molecule has 0 aliphatic heterocycles. The Bertz CT molecular complexity index is 506. The summed E-state index contributed by atoms with van der Waals surface area (Å²) in [5.74, 6) is -3.54. The summed E-state index contributed by atoms with van der Waals surface area (Å²) in [4.78, 5) is 24.3. The summed E-state index contributed by atoms with van der Waals surface area (Å²) in [5.41, 5.74) is 4.35. The lowest BCUT2D eigenvalue weighted by atomic mass is 10.2. The number of ether oxygens (including phenoxy) is 1. The average Bonchev–Trinajstić information content (AvgIpc) is 2.38. The maximum absolute atomic E-state index is 13.3. The standard InChI is InChI=1S/C12H14F2N2O3/c1-3-16(2)11(17)6-19-12(18)7-4-10(15)9(14)5-8(7)13/h4-5H,3,6,15H2,1-2H3. The minimum Gasteiger partial charge on any atom is -0.452 e. The van der Waals surface area contributed by atoms with Crippen LogP contribution in [0.15, 0.2) is 12.1 Å². The lowest BCUT2D eigenvalue weighted by Crippen LogP contribution is -2.31. The fourth-order valence-electron chi connectivity index (χ4n) is 1.21. The van der Waals surface area contributed by atoms with Crippen LogP contribution in [0.3, 0.4) is 0 Å². The van der Waals surface area contributed by atoms with E-state index in [2.05, 4.69) is 4.74 Å². The van der Waals surface area contributed by atoms with Gasteiger partial charge in [0.05, 0.1) is 11.3 Å². The van der Waals surface area contributed by atoms with Gasteiger partial charge < -0.3 is 15.4 Å². The van der Waals surface area contributed by atoms with Gasteiger partial charge in [-0.15, -0.1) is 0 Å². The molecule has 5 nitrogen and oxygen atoms in total. The highest BCUT2D eigenvalue weighted by atomic mass is 19.1. The van der Waals surface area contributed by atoms with Crippen molar-refractivity contribution in [3.63, 3.8) is 0 Å². The lowest BCUT2D eigenvalue weighted by molar-refractivity contribution is -0.133. The number of halogens is 2. The molecule has 104 valence electrons. The van der Waals surface area contributed by atoms with Gasteiger partial charge in [0, 0.05) is 19.7 Å². The molecular weight excluding hydrogens is 258 g/mol. The highest BCUT2D eigenvalue weighted by Crippen LogP contribution is 2.17. The Kier molecular flexibility index (Phi) is 4.80. The van der Waals surface area contributed by atoms with Crippen molar-refractivity contribution >= 4 is 17.6 Å². The molecule has 19 heavy (non-hydrogen) atoms. The van der Waals surface area contributed by atoms with Gasteiger partial charge in [0.15, 0.2) is 6.61 Å². The summed E-state index contributed by atoms with van der Waals surface area (Å²) in [5, 5.41) is 0. The number of nitrogens with zero attached hydrogens (tertiary/aromatic N) is 1. The van der Waals surface area contributed by atoms with Crippen LogP contribution in [0.2, 0.25) is 0 Å². The molecule has 1 aromatic carbocycles. The molecule has 0 unspecified atom stereocenters. The van der Waals surface area contributed by atoms with E-state index in [1.165, 1.54) is 11.9 Å². The number of nitrogens with two attached hydrogens (primary N) is 1. The Morgan fingerprint density at radius 3 is 2.53 bits per heavy atom. The number of rotatable bonds is 4. The second-order valence-electron chi connectivity index (χ2n) is 3.84. The molecule has 0 atom stereocenters. The quantitative estimate of drug-likeness (QED) is 0.660. The third-order valence-electron chi connectivity index (χ3n) is 2.53. The van der Waals surface area contributed by atoms with Crippen LogP contribution in [0.25, 0.3) is 0 Å². The molecule has 2 N–H and O–H groups in total. The largest absolute Gasteiger partial charge is 0.452 e. The Morgan fingerprint density at radius 2 is 1.95 bits per heavy atom. The molecule has 0 aromatic heterocycles. The first-order valence-corrected chi connectivity index (χ1v) is 5.52. The summed E-state index contributed by atoms with van der Waals surface area (Å²) in [7, 11) is 1.53. The van der Waals surface area contributed by atoms with Gasteiger partial charge in [0.25, 0.3) is 5.91 Å². The predicted molar refractivity (Wildman–Crippen MR) is 64.4 cm³/mol. The zero-order valence-corrected chi connectivity index (χ0v) is 10.6. The van der Waals surface area contributed by atoms with Crippen molar-refractivity contribution in [2.24, 2.45) is 0 Å². The first-order valence-electron chi connectivity index (χ1n) is 5.52. The molecule has 0 radical (unpaired) electrons. The number of carbonyl (C=O) groups is 2. The van der Waals surface area contributed by atoms with E-state index in [4.69, 9.17) is 5.73 Å². The average molecular weight is 272 g/mol. The summed E-state index contributed by atoms with van der Waals surface area (Å²) in [6, 6.07) is 1.33. The minimum absolute atomic E-state index is 0.370. The van der Waals surface area contributed by atoms with E-state index >= 15 is 0 Å². The number of amides is 1. The monoisotopic (exact) mass is 272 g/mol. The first-order chi connectivity index (χ1) is 8.86. The molecule has 0 saturated carbocycles. The lowest BCUT2D eigenvalue weighted by Gasteiger charge is -2.14. The number of hydrogen-bond donors (Lipinski definition) is 1. The Morgan fingerprint density at radius 1 is 1.32 bits per heavy atom. The Labute approximate surface area is 108 Å². The Hall–Kier alpha value is -2.18. The number of anilines is 1. The second-order valence-corrected chi connectivity index (χ2v) is 3.84. The number of hydrogen-bond acceptors (Lipinski definition) is 4. The van der Waals surface area contributed by atoms with E-state index in [-0.39, 0.29) is 5.69 Å². The SMILES string of the molecule is CCN(C)C(=O)COC(=O)c1cc(N)c(F)cc1F. The van der Waals surface area contributed by atoms with Crippen LogP contribution in [0.4, 0.5) is 14.5 Å². The zero-order chi connectivity index (χ0) is 14.6. The number of nitrogen functional groups attached to an aromatic ring is 1. The van der Waals surface area contributed by atoms with Crippen molar-refractivity contribution in [3.05, 3.63) is 29.3 Å². The van der Waals surface area contributed by atoms with Gasteiger partial charge in [-0.2, -0.15) is 0 Å². The molecule has 0 aliphatic carbocycles. The molecule has 7 heteroatoms. The number of benzene rings is 1. The summed E-state index contributed by atoms with van der Waals surface area (Å²) in [6.07, 6.45) is 0. The van der Waals surface area contributed by atoms with E-state index in [1.807, 2.05) is 0 Å². The van der Waals surface area contributed by atoms with Crippen molar-refractivity contribution in [1.82, 2.24) is 4.90 Å². The molecule has 0 spiro atoms. The van der Waals surface area contributed by atoms with Gasteiger partial charge in [-0.3, -0.25) is 4.79 Å². The highest BCUT2D eigenvalue weighted by molar-refractivity contribution is 5.92. The van der Waals surface area contributed by atoms with Crippen molar-refractivity contribution < 1.29 is 23.1 Å². The van der Waals surface area contributed by atoms with Crippen molar-refractivity contribution in [2.75, 3.05) is 25.9 Å². The number of esters is 1. The number of carbonyl (C=O) groups excluding carboxylic acids is 2. The summed E-state index contributed by atoms with van der Waals surface area (Å²) < 4.78 is 30.9. The molecule has 0 fully saturated rings. The molecule has 0 heterocycles. The van der Waals surface area contributed by atoms with Crippen LogP contribution in [-0.4, -0.2) is 37.0 Å². The van der Waals surface area contributed by atoms with Crippen LogP contribution < -0.4 is 5.73 Å². The minimum atomic E-state index is -1.09. The molecule has 1 aromatic rings. The van der Waals surface area contributed by atoms with Crippen molar-refractivity contribution in [1.29, 1.82) is 0 Å². The molecular formula is C12H14F2N2O3. The molecule has 1 rings (SSSR count). The van der Waals surface area contributed by atoms with Crippen LogP contribution in [0.1, 0.15) is 17.3 Å². The van der Waals surface area contributed by atoms with Gasteiger partial charge in [-0.1, -0.05) is 0 Å². The van der Waals surface area contributed by atoms with Gasteiger partial charge in [0.1, 0.15) is 11.6 Å². The van der Waals surface area contributed by atoms with E-state index < -0.39 is 35.7 Å². The van der Waals surface area contributed by atoms with E-state index in [0.29, 0.717) is 12.6 Å². The summed E-state index contributed by atoms with van der Waals surface area (Å²) >= 11 is 0. The van der Waals surface area contributed by atoms with Gasteiger partial charge in [0.2, 0.25) is 0 Å². The van der Waals surface area contributed by atoms with Crippen molar-refractivity contribution in [3.8, 4) is 0 Å². The van der Waals surface area contributed by atoms with E-state index in [1.54, 1.807) is 6.92 Å². The van der Waals surface area contributed by atoms with Gasteiger partial charge >= 0.3 is 5.97 Å². The topological polar surface area (TPSA) is 72.6 Å². The molecule has 0 bridgehead atoms. The maximum Gasteiger partial charge on any atom is 0.341 e. The highest BCUT2D eigenvalue weighted by Gasteiger charge is 2.18. The third kappa shape index (κ3) is 3.64. The van der Waals surface area contributed by atoms with Crippen LogP contribution in [0, 0.1) is 11.6 Å².